The van der Waals surface area contributed by atoms with E-state index in [1.54, 1.807) is 13.8 Å². The van der Waals surface area contributed by atoms with Crippen molar-refractivity contribution in [2.75, 3.05) is 13.2 Å². The summed E-state index contributed by atoms with van der Waals surface area (Å²) in [5.74, 6) is -0.0778. The van der Waals surface area contributed by atoms with Crippen LogP contribution in [0.1, 0.15) is 13.8 Å². The quantitative estimate of drug-likeness (QED) is 0.530. The minimum absolute atomic E-state index is 0.00204. The average Bonchev–Trinajstić information content (AvgIpc) is 1.98. The molecule has 3 atom stereocenters. The minimum atomic E-state index is -0.402. The Labute approximate surface area is 68.8 Å². The van der Waals surface area contributed by atoms with Gasteiger partial charge in [0, 0.05) is 18.5 Å². The second kappa shape index (κ2) is 5.58. The fourth-order valence-electron chi connectivity index (χ4n) is 0.750. The van der Waals surface area contributed by atoms with Crippen molar-refractivity contribution in [3.05, 3.63) is 0 Å². The third-order valence-corrected chi connectivity index (χ3v) is 1.49. The first-order valence-corrected chi connectivity index (χ1v) is 3.74. The molecule has 0 saturated carbocycles. The number of rotatable bonds is 5. The summed E-state index contributed by atoms with van der Waals surface area (Å²) in [5.41, 5.74) is 0. The highest BCUT2D eigenvalue weighted by molar-refractivity contribution is 6.10. The zero-order chi connectivity index (χ0) is 8.85. The third kappa shape index (κ3) is 4.40. The van der Waals surface area contributed by atoms with Crippen LogP contribution in [0.15, 0.2) is 0 Å². The Hall–Kier alpha value is -0.0551. The van der Waals surface area contributed by atoms with Gasteiger partial charge >= 0.3 is 0 Å². The molecule has 4 heteroatoms. The molecule has 0 aliphatic carbocycles. The van der Waals surface area contributed by atoms with Crippen LogP contribution in [0.25, 0.3) is 0 Å². The summed E-state index contributed by atoms with van der Waals surface area (Å²) in [6.07, 6.45) is -0.361. The fraction of sp³-hybridized carbons (Fsp3) is 1.00. The highest BCUT2D eigenvalue weighted by Crippen LogP contribution is 2.07. The molecule has 0 bridgehead atoms. The van der Waals surface area contributed by atoms with Gasteiger partial charge in [0.05, 0.1) is 12.7 Å². The first-order chi connectivity index (χ1) is 5.11. The Morgan fingerprint density at radius 2 is 1.82 bits per heavy atom. The number of aliphatic hydroxyl groups excluding tert-OH is 2. The van der Waals surface area contributed by atoms with Crippen LogP contribution in [0.4, 0.5) is 0 Å². The molecule has 0 aromatic carbocycles. The largest absolute Gasteiger partial charge is 0.396 e. The maximum Gasteiger partial charge on any atom is 0.108 e. The first kappa shape index (κ1) is 10.9. The predicted molar refractivity (Wildman–Crippen MR) is 43.4 cm³/mol. The smallest absolute Gasteiger partial charge is 0.108 e. The molecule has 2 unspecified atom stereocenters. The van der Waals surface area contributed by atoms with Gasteiger partial charge in [-0.25, -0.2) is 0 Å². The third-order valence-electron chi connectivity index (χ3n) is 1.49. The van der Waals surface area contributed by atoms with Crippen molar-refractivity contribution in [1.29, 1.82) is 0 Å². The van der Waals surface area contributed by atoms with Gasteiger partial charge in [-0.1, -0.05) is 6.92 Å². The van der Waals surface area contributed by atoms with Gasteiger partial charge in [-0.15, -0.1) is 0 Å². The monoisotopic (exact) mass is 158 g/mol. The molecule has 0 aromatic rings. The van der Waals surface area contributed by atoms with Gasteiger partial charge in [-0.05, 0) is 6.92 Å². The standard InChI is InChI=1S/C7H15BO3/c1-5(3-9)7(4-10)11-6(2)8/h5-7,9-10H,3-4H2,1-2H3/t5?,6?,7-/m1/s1. The molecule has 0 saturated heterocycles. The molecule has 0 fully saturated rings. The lowest BCUT2D eigenvalue weighted by molar-refractivity contribution is -0.0410. The van der Waals surface area contributed by atoms with Crippen LogP contribution in [0.5, 0.6) is 0 Å². The molecule has 0 spiro atoms. The van der Waals surface area contributed by atoms with Crippen molar-refractivity contribution in [3.63, 3.8) is 0 Å². The minimum Gasteiger partial charge on any atom is -0.396 e. The number of ether oxygens (including phenoxy) is 1. The maximum atomic E-state index is 8.78. The Balaban J connectivity index is 3.74. The van der Waals surface area contributed by atoms with E-state index in [2.05, 4.69) is 0 Å². The van der Waals surface area contributed by atoms with Crippen LogP contribution in [-0.4, -0.2) is 43.4 Å². The average molecular weight is 158 g/mol. The second-order valence-corrected chi connectivity index (χ2v) is 2.72. The molecule has 0 aliphatic rings. The molecule has 0 aliphatic heterocycles. The molecule has 3 nitrogen and oxygen atoms in total. The van der Waals surface area contributed by atoms with Gasteiger partial charge in [-0.3, -0.25) is 0 Å². The summed E-state index contributed by atoms with van der Waals surface area (Å²) in [7, 11) is 5.35. The summed E-state index contributed by atoms with van der Waals surface area (Å²) < 4.78 is 5.12. The van der Waals surface area contributed by atoms with Crippen molar-refractivity contribution in [1.82, 2.24) is 0 Å². The summed E-state index contributed by atoms with van der Waals surface area (Å²) in [6, 6.07) is -0.402. The van der Waals surface area contributed by atoms with Gasteiger partial charge in [0.2, 0.25) is 0 Å². The lowest BCUT2D eigenvalue weighted by Crippen LogP contribution is -2.31. The van der Waals surface area contributed by atoms with Crippen molar-refractivity contribution < 1.29 is 14.9 Å². The van der Waals surface area contributed by atoms with Crippen LogP contribution in [-0.2, 0) is 4.74 Å². The SMILES string of the molecule is [B]C(C)O[C@H](CO)C(C)CO. The maximum absolute atomic E-state index is 8.78. The van der Waals surface area contributed by atoms with E-state index in [1.165, 1.54) is 0 Å². The zero-order valence-corrected chi connectivity index (χ0v) is 7.03. The van der Waals surface area contributed by atoms with E-state index < -0.39 is 6.00 Å². The topological polar surface area (TPSA) is 49.7 Å². The zero-order valence-electron chi connectivity index (χ0n) is 7.03. The van der Waals surface area contributed by atoms with Crippen molar-refractivity contribution in [2.24, 2.45) is 5.92 Å². The van der Waals surface area contributed by atoms with E-state index in [9.17, 15) is 0 Å². The molecule has 2 N–H and O–H groups in total. The molecule has 0 rings (SSSR count). The molecule has 2 radical (unpaired) electrons. The highest BCUT2D eigenvalue weighted by atomic mass is 16.5. The van der Waals surface area contributed by atoms with Crippen molar-refractivity contribution in [3.8, 4) is 0 Å². The van der Waals surface area contributed by atoms with Gasteiger partial charge in [-0.2, -0.15) is 0 Å². The summed E-state index contributed by atoms with van der Waals surface area (Å²) in [4.78, 5) is 0. The molecule has 64 valence electrons. The summed E-state index contributed by atoms with van der Waals surface area (Å²) in [6.45, 7) is 3.37. The molecule has 0 heterocycles. The van der Waals surface area contributed by atoms with Crippen LogP contribution < -0.4 is 0 Å². The lowest BCUT2D eigenvalue weighted by atomic mass is 10.0. The predicted octanol–water partition coefficient (Wildman–Crippen LogP) is -0.493. The van der Waals surface area contributed by atoms with Gasteiger partial charge < -0.3 is 14.9 Å². The molecule has 0 aromatic heterocycles. The van der Waals surface area contributed by atoms with Crippen LogP contribution in [0.3, 0.4) is 0 Å². The normalized spacial score (nSPS) is 19.3. The van der Waals surface area contributed by atoms with Gasteiger partial charge in [0.1, 0.15) is 7.85 Å². The number of hydrogen-bond donors (Lipinski definition) is 2. The van der Waals surface area contributed by atoms with E-state index in [0.717, 1.165) is 0 Å². The Kier molecular flexibility index (Phi) is 5.55. The van der Waals surface area contributed by atoms with Crippen molar-refractivity contribution in [2.45, 2.75) is 26.0 Å². The molecular formula is C7H15BO3. The number of hydrogen-bond acceptors (Lipinski definition) is 3. The summed E-state index contributed by atoms with van der Waals surface area (Å²) in [5, 5.41) is 17.5. The Bertz CT molecular complexity index is 97.7. The van der Waals surface area contributed by atoms with Crippen LogP contribution in [0, 0.1) is 5.92 Å². The van der Waals surface area contributed by atoms with Crippen LogP contribution >= 0.6 is 0 Å². The second-order valence-electron chi connectivity index (χ2n) is 2.72. The van der Waals surface area contributed by atoms with Crippen LogP contribution in [0.2, 0.25) is 0 Å². The van der Waals surface area contributed by atoms with Gasteiger partial charge in [0.25, 0.3) is 0 Å². The fourth-order valence-corrected chi connectivity index (χ4v) is 0.750. The highest BCUT2D eigenvalue weighted by Gasteiger charge is 2.16. The number of aliphatic hydroxyl groups is 2. The first-order valence-electron chi connectivity index (χ1n) is 3.74. The summed E-state index contributed by atoms with van der Waals surface area (Å²) >= 11 is 0. The molecule has 0 amide bonds. The van der Waals surface area contributed by atoms with Gasteiger partial charge in [0.15, 0.2) is 0 Å². The van der Waals surface area contributed by atoms with E-state index in [0.29, 0.717) is 0 Å². The van der Waals surface area contributed by atoms with E-state index in [1.807, 2.05) is 0 Å². The molecule has 11 heavy (non-hydrogen) atoms. The van der Waals surface area contributed by atoms with E-state index >= 15 is 0 Å². The van der Waals surface area contributed by atoms with E-state index in [-0.39, 0.29) is 25.2 Å². The molecular weight excluding hydrogens is 143 g/mol. The Morgan fingerprint density at radius 1 is 1.27 bits per heavy atom. The lowest BCUT2D eigenvalue weighted by Gasteiger charge is -2.23. The Morgan fingerprint density at radius 3 is 2.09 bits per heavy atom. The van der Waals surface area contributed by atoms with E-state index in [4.69, 9.17) is 22.8 Å². The van der Waals surface area contributed by atoms with Crippen molar-refractivity contribution >= 4 is 7.85 Å².